The van der Waals surface area contributed by atoms with E-state index in [1.54, 1.807) is 14.1 Å². The van der Waals surface area contributed by atoms with E-state index in [9.17, 15) is 13.2 Å². The summed E-state index contributed by atoms with van der Waals surface area (Å²) in [4.78, 5) is 5.22. The second kappa shape index (κ2) is 5.99. The Morgan fingerprint density at radius 1 is 1.33 bits per heavy atom. The first kappa shape index (κ1) is 15.9. The van der Waals surface area contributed by atoms with Gasteiger partial charge >= 0.3 is 6.18 Å². The minimum atomic E-state index is -4.57. The predicted octanol–water partition coefficient (Wildman–Crippen LogP) is 0.842. The number of halogens is 3. The molecule has 0 spiro atoms. The van der Waals surface area contributed by atoms with Gasteiger partial charge in [-0.1, -0.05) is 13.2 Å². The Kier molecular flexibility index (Phi) is 5.28. The van der Waals surface area contributed by atoms with Crippen LogP contribution in [0.3, 0.4) is 0 Å². The van der Waals surface area contributed by atoms with Crippen LogP contribution >= 0.6 is 0 Å². The molecule has 0 saturated carbocycles. The molecule has 0 bridgehead atoms. The lowest BCUT2D eigenvalue weighted by Crippen LogP contribution is -2.28. The molecule has 0 aromatic heterocycles. The van der Waals surface area contributed by atoms with E-state index in [4.69, 9.17) is 11.5 Å². The molecule has 0 aliphatic rings. The van der Waals surface area contributed by atoms with Crippen LogP contribution in [-0.2, 0) is 0 Å². The molecular formula is C10H16F3N5. The van der Waals surface area contributed by atoms with Gasteiger partial charge in [0, 0.05) is 14.1 Å². The van der Waals surface area contributed by atoms with Crippen LogP contribution in [0.5, 0.6) is 0 Å². The molecule has 0 heterocycles. The number of nitrogens with two attached hydrogens (primary N) is 2. The highest BCUT2D eigenvalue weighted by Crippen LogP contribution is 2.23. The Bertz CT molecular complexity index is 393. The molecule has 102 valence electrons. The van der Waals surface area contributed by atoms with Gasteiger partial charge < -0.3 is 21.7 Å². The number of hydrogen-bond acceptors (Lipinski definition) is 4. The highest BCUT2D eigenvalue weighted by atomic mass is 19.4. The molecule has 0 fully saturated rings. The van der Waals surface area contributed by atoms with Crippen molar-refractivity contribution in [2.45, 2.75) is 6.18 Å². The highest BCUT2D eigenvalue weighted by molar-refractivity contribution is 5.54. The van der Waals surface area contributed by atoms with E-state index in [0.717, 1.165) is 6.34 Å². The van der Waals surface area contributed by atoms with Crippen molar-refractivity contribution in [3.8, 4) is 0 Å². The van der Waals surface area contributed by atoms with Crippen LogP contribution in [-0.4, -0.2) is 31.5 Å². The fourth-order valence-corrected chi connectivity index (χ4v) is 0.952. The number of nitrogens with one attached hydrogen (secondary N) is 1. The number of allylic oxidation sites excluding steroid dienone is 1. The molecule has 8 heteroatoms. The quantitative estimate of drug-likeness (QED) is 0.390. The molecule has 5 N–H and O–H groups in total. The van der Waals surface area contributed by atoms with Crippen LogP contribution in [0.1, 0.15) is 0 Å². The monoisotopic (exact) mass is 263 g/mol. The summed E-state index contributed by atoms with van der Waals surface area (Å²) in [6.07, 6.45) is -3.59. The molecule has 0 aromatic carbocycles. The van der Waals surface area contributed by atoms with Crippen molar-refractivity contribution in [2.24, 2.45) is 16.5 Å². The molecule has 0 aliphatic heterocycles. The zero-order valence-electron chi connectivity index (χ0n) is 10.2. The number of alkyl halides is 3. The lowest BCUT2D eigenvalue weighted by Gasteiger charge is -2.19. The molecule has 0 rings (SSSR count). The minimum absolute atomic E-state index is 0.0629. The first-order valence-corrected chi connectivity index (χ1v) is 4.75. The maximum Gasteiger partial charge on any atom is 0.430 e. The number of rotatable bonds is 5. The Labute approximate surface area is 103 Å². The molecule has 0 unspecified atom stereocenters. The first-order valence-electron chi connectivity index (χ1n) is 4.75. The van der Waals surface area contributed by atoms with Crippen molar-refractivity contribution in [3.05, 3.63) is 36.1 Å². The van der Waals surface area contributed by atoms with Gasteiger partial charge in [0.2, 0.25) is 0 Å². The predicted molar refractivity (Wildman–Crippen MR) is 65.1 cm³/mol. The Balaban J connectivity index is 5.09. The minimum Gasteiger partial charge on any atom is -0.394 e. The van der Waals surface area contributed by atoms with E-state index >= 15 is 0 Å². The summed E-state index contributed by atoms with van der Waals surface area (Å²) in [6, 6.07) is 0. The third-order valence-corrected chi connectivity index (χ3v) is 1.83. The lowest BCUT2D eigenvalue weighted by molar-refractivity contribution is -0.0952. The van der Waals surface area contributed by atoms with E-state index in [1.807, 2.05) is 5.32 Å². The van der Waals surface area contributed by atoms with Gasteiger partial charge in [-0.15, -0.1) is 0 Å². The van der Waals surface area contributed by atoms with Gasteiger partial charge in [-0.05, 0) is 0 Å². The summed E-state index contributed by atoms with van der Waals surface area (Å²) in [7, 11) is 3.22. The van der Waals surface area contributed by atoms with Gasteiger partial charge in [0.25, 0.3) is 0 Å². The maximum atomic E-state index is 12.3. The summed E-state index contributed by atoms with van der Waals surface area (Å²) < 4.78 is 36.8. The first-order chi connectivity index (χ1) is 8.11. The average molecular weight is 263 g/mol. The molecule has 0 aliphatic carbocycles. The van der Waals surface area contributed by atoms with E-state index in [1.165, 1.54) is 4.90 Å². The number of aliphatic imine (C=N–C) groups is 1. The summed E-state index contributed by atoms with van der Waals surface area (Å²) in [5.41, 5.74) is 9.37. The van der Waals surface area contributed by atoms with Crippen LogP contribution in [0.15, 0.2) is 41.1 Å². The molecule has 5 nitrogen and oxygen atoms in total. The summed E-state index contributed by atoms with van der Waals surface area (Å²) >= 11 is 0. The van der Waals surface area contributed by atoms with E-state index in [-0.39, 0.29) is 17.2 Å². The van der Waals surface area contributed by atoms with Crippen molar-refractivity contribution in [3.63, 3.8) is 0 Å². The topological polar surface area (TPSA) is 79.7 Å². The maximum absolute atomic E-state index is 12.3. The Morgan fingerprint density at radius 3 is 2.17 bits per heavy atom. The molecule has 0 radical (unpaired) electrons. The Morgan fingerprint density at radius 2 is 1.83 bits per heavy atom. The van der Waals surface area contributed by atoms with E-state index < -0.39 is 11.9 Å². The molecule has 0 amide bonds. The van der Waals surface area contributed by atoms with Gasteiger partial charge in [-0.25, -0.2) is 4.99 Å². The summed E-state index contributed by atoms with van der Waals surface area (Å²) in [5, 5.41) is 1.98. The standard InChI is InChI=1S/C10H16F3N5/c1-6(17-7(2)10(11,12)13)8(15)9(16-5-14)18(3)4/h5,17H,1-2,15H2,3-4H3,(H2,14,16)/b9-8-. The van der Waals surface area contributed by atoms with Crippen molar-refractivity contribution >= 4 is 6.34 Å². The highest BCUT2D eigenvalue weighted by Gasteiger charge is 2.32. The zero-order chi connectivity index (χ0) is 14.5. The second-order valence-electron chi connectivity index (χ2n) is 3.49. The van der Waals surface area contributed by atoms with Crippen molar-refractivity contribution in [1.29, 1.82) is 0 Å². The lowest BCUT2D eigenvalue weighted by atomic mass is 10.3. The fourth-order valence-electron chi connectivity index (χ4n) is 0.952. The third kappa shape index (κ3) is 4.40. The zero-order valence-corrected chi connectivity index (χ0v) is 10.2. The summed E-state index contributed by atoms with van der Waals surface area (Å²) in [5.74, 6) is 0.185. The fraction of sp³-hybridized carbons (Fsp3) is 0.300. The van der Waals surface area contributed by atoms with Crippen molar-refractivity contribution < 1.29 is 13.2 Å². The average Bonchev–Trinajstić information content (AvgIpc) is 2.22. The third-order valence-electron chi connectivity index (χ3n) is 1.83. The van der Waals surface area contributed by atoms with Crippen LogP contribution in [0.4, 0.5) is 13.2 Å². The van der Waals surface area contributed by atoms with Gasteiger partial charge in [0.15, 0.2) is 5.82 Å². The van der Waals surface area contributed by atoms with Crippen LogP contribution in [0.25, 0.3) is 0 Å². The number of nitrogens with zero attached hydrogens (tertiary/aromatic N) is 2. The Hall–Kier alpha value is -2.12. The van der Waals surface area contributed by atoms with Crippen LogP contribution in [0.2, 0.25) is 0 Å². The van der Waals surface area contributed by atoms with Gasteiger partial charge in [0.05, 0.1) is 17.7 Å². The van der Waals surface area contributed by atoms with Crippen LogP contribution < -0.4 is 16.8 Å². The number of hydrogen-bond donors (Lipinski definition) is 3. The molecule has 0 atom stereocenters. The van der Waals surface area contributed by atoms with Crippen molar-refractivity contribution in [1.82, 2.24) is 10.2 Å². The van der Waals surface area contributed by atoms with Gasteiger partial charge in [-0.2, -0.15) is 13.2 Å². The second-order valence-corrected chi connectivity index (χ2v) is 3.49. The van der Waals surface area contributed by atoms with E-state index in [0.29, 0.717) is 0 Å². The van der Waals surface area contributed by atoms with Crippen LogP contribution in [0, 0.1) is 0 Å². The van der Waals surface area contributed by atoms with Gasteiger partial charge in [0.1, 0.15) is 5.70 Å². The summed E-state index contributed by atoms with van der Waals surface area (Å²) in [6.45, 7) is 6.24. The van der Waals surface area contributed by atoms with E-state index in [2.05, 4.69) is 18.2 Å². The largest absolute Gasteiger partial charge is 0.430 e. The van der Waals surface area contributed by atoms with Crippen molar-refractivity contribution in [2.75, 3.05) is 14.1 Å². The molecular weight excluding hydrogens is 247 g/mol. The van der Waals surface area contributed by atoms with Gasteiger partial charge in [-0.3, -0.25) is 0 Å². The molecule has 18 heavy (non-hydrogen) atoms. The molecule has 0 saturated heterocycles. The normalized spacial score (nSPS) is 13.2. The SMILES string of the molecule is C=C(NC(=C)C(F)(F)F)/C(N)=C(\N=CN)N(C)C. The smallest absolute Gasteiger partial charge is 0.394 e. The molecule has 0 aromatic rings.